The van der Waals surface area contributed by atoms with Gasteiger partial charge in [-0.3, -0.25) is 4.18 Å². The van der Waals surface area contributed by atoms with E-state index in [2.05, 4.69) is 0 Å². The van der Waals surface area contributed by atoms with Crippen LogP contribution >= 0.6 is 0 Å². The van der Waals surface area contributed by atoms with Crippen molar-refractivity contribution in [3.8, 4) is 0 Å². The summed E-state index contributed by atoms with van der Waals surface area (Å²) in [7, 11) is -3.64. The fraction of sp³-hybridized carbons (Fsp3) is 0.647. The zero-order valence-corrected chi connectivity index (χ0v) is 14.5. The Morgan fingerprint density at radius 2 is 1.83 bits per heavy atom. The lowest BCUT2D eigenvalue weighted by Crippen LogP contribution is -2.22. The maximum atomic E-state index is 12.0. The Balaban J connectivity index is 1.56. The highest BCUT2D eigenvalue weighted by molar-refractivity contribution is 7.86. The van der Waals surface area contributed by atoms with Crippen molar-refractivity contribution < 1.29 is 22.1 Å². The van der Waals surface area contributed by atoms with Crippen molar-refractivity contribution in [2.75, 3.05) is 19.8 Å². The predicted molar refractivity (Wildman–Crippen MR) is 87.7 cm³/mol. The van der Waals surface area contributed by atoms with Gasteiger partial charge in [0.1, 0.15) is 0 Å². The van der Waals surface area contributed by atoms with Crippen LogP contribution in [0.2, 0.25) is 0 Å². The Morgan fingerprint density at radius 1 is 1.09 bits per heavy atom. The molecule has 1 aromatic carbocycles. The van der Waals surface area contributed by atoms with E-state index in [1.807, 2.05) is 6.92 Å². The first-order valence-electron chi connectivity index (χ1n) is 8.27. The molecule has 23 heavy (non-hydrogen) atoms. The molecule has 0 saturated carbocycles. The molecule has 1 atom stereocenters. The summed E-state index contributed by atoms with van der Waals surface area (Å²) in [6, 6.07) is 6.67. The van der Waals surface area contributed by atoms with Crippen LogP contribution in [0.15, 0.2) is 29.2 Å². The lowest BCUT2D eigenvalue weighted by atomic mass is 10.2. The van der Waals surface area contributed by atoms with Crippen LogP contribution in [0.25, 0.3) is 0 Å². The van der Waals surface area contributed by atoms with E-state index in [0.29, 0.717) is 13.0 Å². The third kappa shape index (κ3) is 6.59. The van der Waals surface area contributed by atoms with Crippen LogP contribution in [-0.2, 0) is 23.8 Å². The number of benzene rings is 1. The molecule has 1 unspecified atom stereocenters. The second kappa shape index (κ2) is 9.37. The predicted octanol–water partition coefficient (Wildman–Crippen LogP) is 3.41. The number of unbranched alkanes of at least 4 members (excludes halogenated alkanes) is 2. The van der Waals surface area contributed by atoms with Crippen LogP contribution in [0, 0.1) is 6.92 Å². The van der Waals surface area contributed by atoms with Crippen LogP contribution in [0.4, 0.5) is 0 Å². The van der Waals surface area contributed by atoms with E-state index in [4.69, 9.17) is 13.7 Å². The summed E-state index contributed by atoms with van der Waals surface area (Å²) in [5.74, 6) is 0. The lowest BCUT2D eigenvalue weighted by molar-refractivity contribution is -0.162. The molecular weight excluding hydrogens is 316 g/mol. The molecular formula is C17H26O5S. The van der Waals surface area contributed by atoms with E-state index in [0.717, 1.165) is 44.3 Å². The third-order valence-electron chi connectivity index (χ3n) is 3.78. The molecule has 1 saturated heterocycles. The number of rotatable bonds is 9. The first kappa shape index (κ1) is 18.4. The van der Waals surface area contributed by atoms with Gasteiger partial charge in [0.15, 0.2) is 6.29 Å². The average Bonchev–Trinajstić information content (AvgIpc) is 2.55. The first-order valence-corrected chi connectivity index (χ1v) is 9.68. The Morgan fingerprint density at radius 3 is 2.52 bits per heavy atom. The van der Waals surface area contributed by atoms with Gasteiger partial charge in [0.25, 0.3) is 10.1 Å². The zero-order valence-electron chi connectivity index (χ0n) is 13.7. The number of hydrogen-bond donors (Lipinski definition) is 0. The zero-order chi connectivity index (χ0) is 16.5. The molecule has 0 amide bonds. The molecule has 0 radical (unpaired) electrons. The third-order valence-corrected chi connectivity index (χ3v) is 5.10. The number of aryl methyl sites for hydroxylation is 1. The van der Waals surface area contributed by atoms with Crippen molar-refractivity contribution in [1.82, 2.24) is 0 Å². The monoisotopic (exact) mass is 342 g/mol. The van der Waals surface area contributed by atoms with Gasteiger partial charge in [-0.1, -0.05) is 17.7 Å². The summed E-state index contributed by atoms with van der Waals surface area (Å²) in [6.07, 6.45) is 5.64. The fourth-order valence-electron chi connectivity index (χ4n) is 2.38. The van der Waals surface area contributed by atoms with Crippen LogP contribution in [0.5, 0.6) is 0 Å². The molecule has 130 valence electrons. The quantitative estimate of drug-likeness (QED) is 0.508. The second-order valence-electron chi connectivity index (χ2n) is 5.82. The topological polar surface area (TPSA) is 61.8 Å². The van der Waals surface area contributed by atoms with Crippen LogP contribution in [0.3, 0.4) is 0 Å². The molecule has 6 heteroatoms. The highest BCUT2D eigenvalue weighted by Gasteiger charge is 2.15. The molecule has 5 nitrogen and oxygen atoms in total. The van der Waals surface area contributed by atoms with Crippen molar-refractivity contribution >= 4 is 10.1 Å². The summed E-state index contributed by atoms with van der Waals surface area (Å²) >= 11 is 0. The molecule has 0 bridgehead atoms. The highest BCUT2D eigenvalue weighted by atomic mass is 32.2. The Kier molecular flexibility index (Phi) is 7.49. The molecule has 1 fully saturated rings. The van der Waals surface area contributed by atoms with E-state index in [1.165, 1.54) is 0 Å². The molecule has 2 rings (SSSR count). The van der Waals surface area contributed by atoms with Gasteiger partial charge in [-0.05, 0) is 57.6 Å². The van der Waals surface area contributed by atoms with E-state index in [1.54, 1.807) is 24.3 Å². The minimum atomic E-state index is -3.64. The summed E-state index contributed by atoms with van der Waals surface area (Å²) < 4.78 is 40.1. The molecule has 1 aliphatic heterocycles. The average molecular weight is 342 g/mol. The molecule has 0 aliphatic carbocycles. The Hall–Kier alpha value is -0.950. The molecule has 0 N–H and O–H groups in total. The van der Waals surface area contributed by atoms with Gasteiger partial charge in [0.05, 0.1) is 11.5 Å². The van der Waals surface area contributed by atoms with Gasteiger partial charge >= 0.3 is 0 Å². The Labute approximate surface area is 139 Å². The second-order valence-corrected chi connectivity index (χ2v) is 7.43. The van der Waals surface area contributed by atoms with E-state index >= 15 is 0 Å². The lowest BCUT2D eigenvalue weighted by Gasteiger charge is -2.22. The van der Waals surface area contributed by atoms with E-state index < -0.39 is 10.1 Å². The fourth-order valence-corrected chi connectivity index (χ4v) is 3.32. The maximum absolute atomic E-state index is 12.0. The van der Waals surface area contributed by atoms with Gasteiger partial charge in [-0.15, -0.1) is 0 Å². The van der Waals surface area contributed by atoms with Gasteiger partial charge in [0.2, 0.25) is 0 Å². The number of hydrogen-bond acceptors (Lipinski definition) is 5. The minimum absolute atomic E-state index is 0.0538. The van der Waals surface area contributed by atoms with Gasteiger partial charge < -0.3 is 9.47 Å². The molecule has 1 aliphatic rings. The van der Waals surface area contributed by atoms with E-state index in [9.17, 15) is 8.42 Å². The summed E-state index contributed by atoms with van der Waals surface area (Å²) in [6.45, 7) is 3.55. The normalized spacial score (nSPS) is 18.9. The minimum Gasteiger partial charge on any atom is -0.353 e. The summed E-state index contributed by atoms with van der Waals surface area (Å²) in [5, 5.41) is 0. The van der Waals surface area contributed by atoms with Crippen molar-refractivity contribution in [2.45, 2.75) is 56.6 Å². The standard InChI is InChI=1S/C17H26O5S/c1-15-8-10-16(11-9-15)23(18,19)22-14-5-2-4-12-20-17-7-3-6-13-21-17/h8-11,17H,2-7,12-14H2,1H3. The van der Waals surface area contributed by atoms with Crippen molar-refractivity contribution in [3.63, 3.8) is 0 Å². The first-order chi connectivity index (χ1) is 11.1. The maximum Gasteiger partial charge on any atom is 0.296 e. The molecule has 0 spiro atoms. The van der Waals surface area contributed by atoms with Gasteiger partial charge in [-0.2, -0.15) is 8.42 Å². The van der Waals surface area contributed by atoms with Crippen LogP contribution in [0.1, 0.15) is 44.1 Å². The van der Waals surface area contributed by atoms with Crippen LogP contribution in [-0.4, -0.2) is 34.5 Å². The van der Waals surface area contributed by atoms with Crippen molar-refractivity contribution in [2.24, 2.45) is 0 Å². The molecule has 1 aromatic rings. The van der Waals surface area contributed by atoms with Gasteiger partial charge in [0, 0.05) is 13.2 Å². The summed E-state index contributed by atoms with van der Waals surface area (Å²) in [5.41, 5.74) is 1.02. The van der Waals surface area contributed by atoms with Crippen molar-refractivity contribution in [1.29, 1.82) is 0 Å². The molecule has 0 aromatic heterocycles. The van der Waals surface area contributed by atoms with Crippen LogP contribution < -0.4 is 0 Å². The van der Waals surface area contributed by atoms with E-state index in [-0.39, 0.29) is 17.8 Å². The largest absolute Gasteiger partial charge is 0.353 e. The molecule has 1 heterocycles. The SMILES string of the molecule is Cc1ccc(S(=O)(=O)OCCCCCOC2CCCCO2)cc1. The van der Waals surface area contributed by atoms with Gasteiger partial charge in [-0.25, -0.2) is 0 Å². The Bertz CT molecular complexity index is 547. The highest BCUT2D eigenvalue weighted by Crippen LogP contribution is 2.15. The van der Waals surface area contributed by atoms with Crippen molar-refractivity contribution in [3.05, 3.63) is 29.8 Å². The smallest absolute Gasteiger partial charge is 0.296 e. The summed E-state index contributed by atoms with van der Waals surface area (Å²) in [4.78, 5) is 0.209. The number of ether oxygens (including phenoxy) is 2.